The van der Waals surface area contributed by atoms with Crippen LogP contribution in [-0.2, 0) is 6.42 Å². The molecule has 0 radical (unpaired) electrons. The van der Waals surface area contributed by atoms with Crippen molar-refractivity contribution in [1.82, 2.24) is 5.43 Å². The Morgan fingerprint density at radius 3 is 2.60 bits per heavy atom. The maximum atomic E-state index is 13.8. The molecule has 0 heterocycles. The molecule has 6 heteroatoms. The molecule has 0 saturated heterocycles. The molecule has 106 valence electrons. The SMILES string of the molecule is NNC(Cc1cc(Cl)ccc1Cl)c1cccc(F)c1F. The third kappa shape index (κ3) is 3.27. The van der Waals surface area contributed by atoms with E-state index in [1.54, 1.807) is 18.2 Å². The lowest BCUT2D eigenvalue weighted by Crippen LogP contribution is -2.30. The Labute approximate surface area is 125 Å². The third-order valence-electron chi connectivity index (χ3n) is 2.99. The van der Waals surface area contributed by atoms with E-state index in [0.717, 1.165) is 6.07 Å². The Balaban J connectivity index is 2.34. The number of nitrogens with one attached hydrogen (secondary N) is 1. The Morgan fingerprint density at radius 1 is 1.15 bits per heavy atom. The molecule has 0 aromatic heterocycles. The van der Waals surface area contributed by atoms with Crippen molar-refractivity contribution in [2.24, 2.45) is 5.84 Å². The standard InChI is InChI=1S/C14H12Cl2F2N2/c15-9-4-5-11(16)8(6-9)7-13(20-19)10-2-1-3-12(17)14(10)18/h1-6,13,20H,7,19H2. The van der Waals surface area contributed by atoms with Gasteiger partial charge >= 0.3 is 0 Å². The number of nitrogens with two attached hydrogens (primary N) is 1. The van der Waals surface area contributed by atoms with E-state index in [0.29, 0.717) is 15.6 Å². The van der Waals surface area contributed by atoms with E-state index in [4.69, 9.17) is 29.0 Å². The van der Waals surface area contributed by atoms with E-state index in [2.05, 4.69) is 5.43 Å². The van der Waals surface area contributed by atoms with E-state index in [9.17, 15) is 8.78 Å². The van der Waals surface area contributed by atoms with Crippen LogP contribution in [0.15, 0.2) is 36.4 Å². The summed E-state index contributed by atoms with van der Waals surface area (Å²) in [5.41, 5.74) is 3.32. The number of hydrogen-bond acceptors (Lipinski definition) is 2. The smallest absolute Gasteiger partial charge is 0.163 e. The van der Waals surface area contributed by atoms with Gasteiger partial charge in [0.05, 0.1) is 6.04 Å². The zero-order chi connectivity index (χ0) is 14.7. The first-order valence-electron chi connectivity index (χ1n) is 5.87. The molecule has 2 nitrogen and oxygen atoms in total. The topological polar surface area (TPSA) is 38.0 Å². The molecule has 0 fully saturated rings. The zero-order valence-electron chi connectivity index (χ0n) is 10.3. The summed E-state index contributed by atoms with van der Waals surface area (Å²) in [7, 11) is 0. The summed E-state index contributed by atoms with van der Waals surface area (Å²) >= 11 is 12.0. The van der Waals surface area contributed by atoms with Crippen molar-refractivity contribution >= 4 is 23.2 Å². The minimum Gasteiger partial charge on any atom is -0.271 e. The van der Waals surface area contributed by atoms with Crippen LogP contribution in [0.5, 0.6) is 0 Å². The van der Waals surface area contributed by atoms with Crippen LogP contribution >= 0.6 is 23.2 Å². The van der Waals surface area contributed by atoms with Gasteiger partial charge in [0.15, 0.2) is 11.6 Å². The molecule has 0 aliphatic rings. The van der Waals surface area contributed by atoms with Crippen LogP contribution in [0.4, 0.5) is 8.78 Å². The van der Waals surface area contributed by atoms with E-state index < -0.39 is 17.7 Å². The van der Waals surface area contributed by atoms with Gasteiger partial charge in [-0.25, -0.2) is 8.78 Å². The number of benzene rings is 2. The van der Waals surface area contributed by atoms with Crippen molar-refractivity contribution in [1.29, 1.82) is 0 Å². The van der Waals surface area contributed by atoms with Crippen molar-refractivity contribution < 1.29 is 8.78 Å². The van der Waals surface area contributed by atoms with Gasteiger partial charge in [0.2, 0.25) is 0 Å². The largest absolute Gasteiger partial charge is 0.271 e. The van der Waals surface area contributed by atoms with E-state index in [1.165, 1.54) is 12.1 Å². The summed E-state index contributed by atoms with van der Waals surface area (Å²) in [6.07, 6.45) is 0.288. The molecule has 1 atom stereocenters. The summed E-state index contributed by atoms with van der Waals surface area (Å²) < 4.78 is 27.1. The average Bonchev–Trinajstić information content (AvgIpc) is 2.43. The lowest BCUT2D eigenvalue weighted by Gasteiger charge is -2.18. The van der Waals surface area contributed by atoms with Gasteiger partial charge in [0.1, 0.15) is 0 Å². The van der Waals surface area contributed by atoms with Crippen LogP contribution < -0.4 is 11.3 Å². The van der Waals surface area contributed by atoms with Gasteiger partial charge in [-0.15, -0.1) is 0 Å². The van der Waals surface area contributed by atoms with Crippen molar-refractivity contribution in [3.8, 4) is 0 Å². The lowest BCUT2D eigenvalue weighted by molar-refractivity contribution is 0.464. The fraction of sp³-hybridized carbons (Fsp3) is 0.143. The molecule has 0 aliphatic carbocycles. The molecule has 0 aliphatic heterocycles. The van der Waals surface area contributed by atoms with Gasteiger partial charge in [-0.3, -0.25) is 11.3 Å². The first-order chi connectivity index (χ1) is 9.52. The maximum absolute atomic E-state index is 13.8. The van der Waals surface area contributed by atoms with Crippen LogP contribution in [0.3, 0.4) is 0 Å². The highest BCUT2D eigenvalue weighted by atomic mass is 35.5. The van der Waals surface area contributed by atoms with E-state index >= 15 is 0 Å². The minimum atomic E-state index is -0.923. The van der Waals surface area contributed by atoms with Crippen molar-refractivity contribution in [3.05, 3.63) is 69.2 Å². The normalized spacial score (nSPS) is 12.4. The van der Waals surface area contributed by atoms with Gasteiger partial charge in [-0.05, 0) is 36.2 Å². The monoisotopic (exact) mass is 316 g/mol. The Morgan fingerprint density at radius 2 is 1.90 bits per heavy atom. The first-order valence-corrected chi connectivity index (χ1v) is 6.62. The van der Waals surface area contributed by atoms with Crippen LogP contribution in [0.25, 0.3) is 0 Å². The Hall–Kier alpha value is -1.20. The molecular formula is C14H12Cl2F2N2. The van der Waals surface area contributed by atoms with Crippen molar-refractivity contribution in [2.75, 3.05) is 0 Å². The fourth-order valence-corrected chi connectivity index (χ4v) is 2.36. The summed E-state index contributed by atoms with van der Waals surface area (Å²) in [4.78, 5) is 0. The molecule has 20 heavy (non-hydrogen) atoms. The summed E-state index contributed by atoms with van der Waals surface area (Å²) in [5, 5.41) is 1.01. The van der Waals surface area contributed by atoms with Crippen LogP contribution in [-0.4, -0.2) is 0 Å². The molecule has 0 amide bonds. The highest BCUT2D eigenvalue weighted by Gasteiger charge is 2.18. The van der Waals surface area contributed by atoms with E-state index in [1.807, 2.05) is 0 Å². The number of halogens is 4. The van der Waals surface area contributed by atoms with Gasteiger partial charge in [-0.2, -0.15) is 0 Å². The molecule has 2 rings (SSSR count). The molecule has 0 bridgehead atoms. The number of rotatable bonds is 4. The van der Waals surface area contributed by atoms with Gasteiger partial charge in [0, 0.05) is 15.6 Å². The molecule has 3 N–H and O–H groups in total. The molecule has 2 aromatic carbocycles. The summed E-state index contributed by atoms with van der Waals surface area (Å²) in [6.45, 7) is 0. The molecule has 2 aromatic rings. The quantitative estimate of drug-likeness (QED) is 0.660. The number of hydrogen-bond donors (Lipinski definition) is 2. The van der Waals surface area contributed by atoms with Crippen molar-refractivity contribution in [3.63, 3.8) is 0 Å². The predicted octanol–water partition coefficient (Wildman–Crippen LogP) is 4.02. The van der Waals surface area contributed by atoms with Crippen molar-refractivity contribution in [2.45, 2.75) is 12.5 Å². The van der Waals surface area contributed by atoms with Crippen LogP contribution in [0.1, 0.15) is 17.2 Å². The van der Waals surface area contributed by atoms with E-state index in [-0.39, 0.29) is 12.0 Å². The second-order valence-electron chi connectivity index (χ2n) is 4.30. The lowest BCUT2D eigenvalue weighted by atomic mass is 9.98. The summed E-state index contributed by atoms with van der Waals surface area (Å²) in [5.74, 6) is 3.61. The first kappa shape index (κ1) is 15.2. The second-order valence-corrected chi connectivity index (χ2v) is 5.15. The number of hydrazine groups is 1. The average molecular weight is 317 g/mol. The fourth-order valence-electron chi connectivity index (χ4n) is 1.97. The van der Waals surface area contributed by atoms with Crippen LogP contribution in [0.2, 0.25) is 10.0 Å². The third-order valence-corrected chi connectivity index (χ3v) is 3.59. The molecule has 1 unspecified atom stereocenters. The van der Waals surface area contributed by atoms with Gasteiger partial charge in [-0.1, -0.05) is 35.3 Å². The zero-order valence-corrected chi connectivity index (χ0v) is 11.8. The minimum absolute atomic E-state index is 0.142. The Bertz CT molecular complexity index is 620. The second kappa shape index (κ2) is 6.50. The molecule has 0 saturated carbocycles. The predicted molar refractivity (Wildman–Crippen MR) is 76.6 cm³/mol. The van der Waals surface area contributed by atoms with Crippen LogP contribution in [0, 0.1) is 11.6 Å². The van der Waals surface area contributed by atoms with Gasteiger partial charge in [0.25, 0.3) is 0 Å². The molecular weight excluding hydrogens is 305 g/mol. The summed E-state index contributed by atoms with van der Waals surface area (Å²) in [6, 6.07) is 8.32. The molecule has 0 spiro atoms. The maximum Gasteiger partial charge on any atom is 0.163 e. The highest BCUT2D eigenvalue weighted by Crippen LogP contribution is 2.27. The Kier molecular flexibility index (Phi) is 4.94. The van der Waals surface area contributed by atoms with Gasteiger partial charge < -0.3 is 0 Å². The highest BCUT2D eigenvalue weighted by molar-refractivity contribution is 6.33.